The lowest BCUT2D eigenvalue weighted by molar-refractivity contribution is 0.250. The van der Waals surface area contributed by atoms with E-state index in [9.17, 15) is 14.7 Å². The standard InChI is InChI=1S/C19H19N3O3/c1-12-7-9-14(10-8-12)11-15-13(2)21-22(18(15)24)19(25)20-16-5-3-4-6-17(16)23/h3-10,21,23H,11H2,1-2H3,(H,20,25). The zero-order valence-electron chi connectivity index (χ0n) is 14.0. The molecule has 0 aliphatic carbocycles. The first-order valence-corrected chi connectivity index (χ1v) is 7.91. The molecule has 0 saturated carbocycles. The second-order valence-corrected chi connectivity index (χ2v) is 5.97. The van der Waals surface area contributed by atoms with Crippen molar-refractivity contribution >= 4 is 11.7 Å². The number of nitrogens with one attached hydrogen (secondary N) is 2. The maximum Gasteiger partial charge on any atom is 0.348 e. The van der Waals surface area contributed by atoms with Crippen molar-refractivity contribution in [2.45, 2.75) is 20.3 Å². The Kier molecular flexibility index (Phi) is 4.43. The summed E-state index contributed by atoms with van der Waals surface area (Å²) in [6.07, 6.45) is 0.443. The van der Waals surface area contributed by atoms with E-state index in [1.807, 2.05) is 31.2 Å². The SMILES string of the molecule is Cc1ccc(Cc2c(C)[nH]n(C(=O)Nc3ccccc3O)c2=O)cc1. The van der Waals surface area contributed by atoms with Crippen LogP contribution in [0.4, 0.5) is 10.5 Å². The molecule has 3 rings (SSSR count). The average Bonchev–Trinajstić information content (AvgIpc) is 2.87. The molecule has 0 spiro atoms. The smallest absolute Gasteiger partial charge is 0.348 e. The fourth-order valence-corrected chi connectivity index (χ4v) is 2.59. The minimum atomic E-state index is -0.648. The number of nitrogens with zero attached hydrogens (tertiary/aromatic N) is 1. The number of hydrogen-bond acceptors (Lipinski definition) is 3. The molecule has 3 aromatic rings. The quantitative estimate of drug-likeness (QED) is 0.642. The predicted octanol–water partition coefficient (Wildman–Crippen LogP) is 3.17. The molecule has 128 valence electrons. The zero-order chi connectivity index (χ0) is 18.0. The minimum Gasteiger partial charge on any atom is -0.506 e. The number of aromatic nitrogens is 2. The van der Waals surface area contributed by atoms with Crippen LogP contribution in [0.25, 0.3) is 0 Å². The van der Waals surface area contributed by atoms with Crippen molar-refractivity contribution in [2.75, 3.05) is 5.32 Å². The van der Waals surface area contributed by atoms with Crippen LogP contribution in [0.3, 0.4) is 0 Å². The van der Waals surface area contributed by atoms with E-state index >= 15 is 0 Å². The third-order valence-electron chi connectivity index (χ3n) is 4.04. The molecule has 6 heteroatoms. The molecule has 0 radical (unpaired) electrons. The predicted molar refractivity (Wildman–Crippen MR) is 96.3 cm³/mol. The van der Waals surface area contributed by atoms with Crippen molar-refractivity contribution in [1.82, 2.24) is 9.78 Å². The molecule has 25 heavy (non-hydrogen) atoms. The molecule has 0 aliphatic heterocycles. The summed E-state index contributed by atoms with van der Waals surface area (Å²) in [5.41, 5.74) is 3.17. The molecular weight excluding hydrogens is 318 g/mol. The van der Waals surface area contributed by atoms with Gasteiger partial charge in [-0.3, -0.25) is 9.89 Å². The number of rotatable bonds is 3. The monoisotopic (exact) mass is 337 g/mol. The number of carbonyl (C=O) groups is 1. The van der Waals surface area contributed by atoms with Crippen LogP contribution in [-0.4, -0.2) is 20.9 Å². The van der Waals surface area contributed by atoms with Crippen LogP contribution in [0.1, 0.15) is 22.4 Å². The summed E-state index contributed by atoms with van der Waals surface area (Å²) in [4.78, 5) is 24.9. The zero-order valence-corrected chi connectivity index (χ0v) is 14.0. The van der Waals surface area contributed by atoms with Gasteiger partial charge in [-0.05, 0) is 31.5 Å². The Morgan fingerprint density at radius 2 is 1.80 bits per heavy atom. The van der Waals surface area contributed by atoms with Crippen LogP contribution in [0.5, 0.6) is 5.75 Å². The van der Waals surface area contributed by atoms with Gasteiger partial charge in [-0.2, -0.15) is 4.68 Å². The second kappa shape index (κ2) is 6.68. The molecule has 3 N–H and O–H groups in total. The van der Waals surface area contributed by atoms with Gasteiger partial charge < -0.3 is 10.4 Å². The third kappa shape index (κ3) is 3.47. The number of H-pyrrole nitrogens is 1. The second-order valence-electron chi connectivity index (χ2n) is 5.97. The van der Waals surface area contributed by atoms with Crippen molar-refractivity contribution < 1.29 is 9.90 Å². The number of carbonyl (C=O) groups excluding carboxylic acids is 1. The summed E-state index contributed by atoms with van der Waals surface area (Å²) in [7, 11) is 0. The summed E-state index contributed by atoms with van der Waals surface area (Å²) < 4.78 is 0.922. The molecule has 0 atom stereocenters. The maximum atomic E-state index is 12.6. The van der Waals surface area contributed by atoms with E-state index in [1.54, 1.807) is 25.1 Å². The molecule has 0 bridgehead atoms. The maximum absolute atomic E-state index is 12.6. The van der Waals surface area contributed by atoms with Crippen LogP contribution in [-0.2, 0) is 6.42 Å². The van der Waals surface area contributed by atoms with Crippen LogP contribution < -0.4 is 10.9 Å². The van der Waals surface area contributed by atoms with Gasteiger partial charge in [0.25, 0.3) is 5.56 Å². The van der Waals surface area contributed by atoms with Gasteiger partial charge in [0.15, 0.2) is 0 Å². The first kappa shape index (κ1) is 16.6. The highest BCUT2D eigenvalue weighted by molar-refractivity contribution is 5.91. The molecule has 2 aromatic carbocycles. The number of para-hydroxylation sites is 2. The van der Waals surface area contributed by atoms with Gasteiger partial charge in [0.2, 0.25) is 0 Å². The Morgan fingerprint density at radius 1 is 1.12 bits per heavy atom. The highest BCUT2D eigenvalue weighted by Gasteiger charge is 2.17. The fourth-order valence-electron chi connectivity index (χ4n) is 2.59. The van der Waals surface area contributed by atoms with Crippen molar-refractivity contribution in [3.8, 4) is 5.75 Å². The van der Waals surface area contributed by atoms with E-state index in [4.69, 9.17) is 0 Å². The van der Waals surface area contributed by atoms with E-state index in [-0.39, 0.29) is 11.4 Å². The van der Waals surface area contributed by atoms with E-state index in [0.29, 0.717) is 17.7 Å². The van der Waals surface area contributed by atoms with Gasteiger partial charge in [-0.1, -0.05) is 42.0 Å². The summed E-state index contributed by atoms with van der Waals surface area (Å²) in [6, 6.07) is 13.6. The minimum absolute atomic E-state index is 0.0629. The molecule has 0 aliphatic rings. The van der Waals surface area contributed by atoms with E-state index < -0.39 is 11.6 Å². The molecule has 0 fully saturated rings. The largest absolute Gasteiger partial charge is 0.506 e. The molecule has 1 amide bonds. The lowest BCUT2D eigenvalue weighted by Gasteiger charge is -2.06. The van der Waals surface area contributed by atoms with Gasteiger partial charge in [0.05, 0.1) is 5.69 Å². The number of aromatic hydroxyl groups is 1. The lowest BCUT2D eigenvalue weighted by Crippen LogP contribution is -2.30. The Morgan fingerprint density at radius 3 is 2.48 bits per heavy atom. The van der Waals surface area contributed by atoms with Crippen molar-refractivity contribution in [3.63, 3.8) is 0 Å². The Labute approximate surface area is 144 Å². The van der Waals surface area contributed by atoms with E-state index in [2.05, 4.69) is 10.4 Å². The van der Waals surface area contributed by atoms with E-state index in [1.165, 1.54) is 6.07 Å². The first-order valence-electron chi connectivity index (χ1n) is 7.91. The molecule has 1 heterocycles. The average molecular weight is 337 g/mol. The Bertz CT molecular complexity index is 968. The highest BCUT2D eigenvalue weighted by atomic mass is 16.3. The number of anilines is 1. The topological polar surface area (TPSA) is 87.1 Å². The van der Waals surface area contributed by atoms with Gasteiger partial charge in [-0.15, -0.1) is 0 Å². The summed E-state index contributed by atoms with van der Waals surface area (Å²) in [5.74, 6) is -0.0629. The van der Waals surface area contributed by atoms with Crippen LogP contribution >= 0.6 is 0 Å². The van der Waals surface area contributed by atoms with Crippen LogP contribution in [0, 0.1) is 13.8 Å². The number of aromatic amines is 1. The van der Waals surface area contributed by atoms with Gasteiger partial charge in [-0.25, -0.2) is 4.79 Å². The number of benzene rings is 2. The molecule has 0 unspecified atom stereocenters. The number of aryl methyl sites for hydroxylation is 2. The first-order chi connectivity index (χ1) is 12.0. The fraction of sp³-hybridized carbons (Fsp3) is 0.158. The Balaban J connectivity index is 1.86. The third-order valence-corrected chi connectivity index (χ3v) is 4.04. The number of hydrogen-bond donors (Lipinski definition) is 3. The van der Waals surface area contributed by atoms with Gasteiger partial charge >= 0.3 is 6.03 Å². The highest BCUT2D eigenvalue weighted by Crippen LogP contribution is 2.21. The van der Waals surface area contributed by atoms with Crippen LogP contribution in [0.2, 0.25) is 0 Å². The number of phenols is 1. The van der Waals surface area contributed by atoms with Gasteiger partial charge in [0, 0.05) is 17.7 Å². The molecular formula is C19H19N3O3. The van der Waals surface area contributed by atoms with Crippen molar-refractivity contribution in [1.29, 1.82) is 0 Å². The summed E-state index contributed by atoms with van der Waals surface area (Å²) in [6.45, 7) is 3.76. The molecule has 6 nitrogen and oxygen atoms in total. The van der Waals surface area contributed by atoms with E-state index in [0.717, 1.165) is 15.8 Å². The summed E-state index contributed by atoms with van der Waals surface area (Å²) >= 11 is 0. The normalized spacial score (nSPS) is 10.6. The van der Waals surface area contributed by atoms with Gasteiger partial charge in [0.1, 0.15) is 5.75 Å². The Hall–Kier alpha value is -3.28. The lowest BCUT2D eigenvalue weighted by atomic mass is 10.0. The van der Waals surface area contributed by atoms with Crippen molar-refractivity contribution in [2.24, 2.45) is 0 Å². The number of phenolic OH excluding ortho intramolecular Hbond substituents is 1. The summed E-state index contributed by atoms with van der Waals surface area (Å²) in [5, 5.41) is 15.1. The number of amides is 1. The van der Waals surface area contributed by atoms with Crippen LogP contribution in [0.15, 0.2) is 53.3 Å². The molecule has 1 aromatic heterocycles. The molecule has 0 saturated heterocycles. The van der Waals surface area contributed by atoms with Crippen molar-refractivity contribution in [3.05, 3.63) is 81.3 Å².